The zero-order valence-corrected chi connectivity index (χ0v) is 10.8. The molecule has 0 aliphatic rings. The number of carbonyl (C=O) groups excluding carboxylic acids is 1. The molecule has 0 saturated carbocycles. The van der Waals surface area contributed by atoms with Gasteiger partial charge in [0.05, 0.1) is 6.61 Å². The smallest absolute Gasteiger partial charge is 0.228 e. The number of hydrogen-bond donors (Lipinski definition) is 1. The number of benzene rings is 1. The highest BCUT2D eigenvalue weighted by atomic mass is 16.3. The summed E-state index contributed by atoms with van der Waals surface area (Å²) in [5.41, 5.74) is 0.717. The molecule has 0 saturated heterocycles. The monoisotopic (exact) mass is 235 g/mol. The molecule has 3 heteroatoms. The van der Waals surface area contributed by atoms with Crippen LogP contribution in [0.25, 0.3) is 0 Å². The second kappa shape index (κ2) is 5.82. The van der Waals surface area contributed by atoms with Gasteiger partial charge in [0.25, 0.3) is 0 Å². The van der Waals surface area contributed by atoms with Crippen molar-refractivity contribution in [3.63, 3.8) is 0 Å². The van der Waals surface area contributed by atoms with E-state index in [-0.39, 0.29) is 12.5 Å². The third-order valence-corrected chi connectivity index (χ3v) is 2.85. The van der Waals surface area contributed by atoms with E-state index in [4.69, 9.17) is 5.11 Å². The van der Waals surface area contributed by atoms with Gasteiger partial charge in [-0.15, -0.1) is 0 Å². The maximum Gasteiger partial charge on any atom is 0.228 e. The molecular weight excluding hydrogens is 214 g/mol. The van der Waals surface area contributed by atoms with Crippen LogP contribution in [-0.2, 0) is 11.2 Å². The fourth-order valence-corrected chi connectivity index (χ4v) is 1.95. The first-order chi connectivity index (χ1) is 7.97. The van der Waals surface area contributed by atoms with Gasteiger partial charge in [-0.05, 0) is 12.0 Å². The Bertz CT molecular complexity index is 360. The van der Waals surface area contributed by atoms with Crippen molar-refractivity contribution in [1.29, 1.82) is 0 Å². The summed E-state index contributed by atoms with van der Waals surface area (Å²) in [5, 5.41) is 8.85. The lowest BCUT2D eigenvalue weighted by Crippen LogP contribution is -2.41. The van der Waals surface area contributed by atoms with Crippen LogP contribution in [0.3, 0.4) is 0 Å². The Kier molecular flexibility index (Phi) is 4.70. The first kappa shape index (κ1) is 13.7. The maximum absolute atomic E-state index is 12.2. The standard InChI is InChI=1S/C14H21NO2/c1-14(2,13(17)15(3)9-10-16)11-12-7-5-4-6-8-12/h4-8,16H,9-11H2,1-3H3. The van der Waals surface area contributed by atoms with Crippen LogP contribution in [0, 0.1) is 5.41 Å². The summed E-state index contributed by atoms with van der Waals surface area (Å²) < 4.78 is 0. The van der Waals surface area contributed by atoms with E-state index in [1.165, 1.54) is 0 Å². The topological polar surface area (TPSA) is 40.5 Å². The summed E-state index contributed by atoms with van der Waals surface area (Å²) in [7, 11) is 1.73. The lowest BCUT2D eigenvalue weighted by atomic mass is 9.84. The van der Waals surface area contributed by atoms with Crippen LogP contribution in [0.5, 0.6) is 0 Å². The van der Waals surface area contributed by atoms with Crippen LogP contribution < -0.4 is 0 Å². The molecule has 17 heavy (non-hydrogen) atoms. The number of nitrogens with zero attached hydrogens (tertiary/aromatic N) is 1. The average Bonchev–Trinajstić information content (AvgIpc) is 2.29. The molecule has 94 valence electrons. The molecule has 0 atom stereocenters. The van der Waals surface area contributed by atoms with Crippen LogP contribution in [0.15, 0.2) is 30.3 Å². The molecule has 0 unspecified atom stereocenters. The molecule has 1 aromatic carbocycles. The molecule has 1 N–H and O–H groups in total. The second-order valence-corrected chi connectivity index (χ2v) is 5.00. The number of aliphatic hydroxyl groups is 1. The van der Waals surface area contributed by atoms with Gasteiger partial charge in [0.15, 0.2) is 0 Å². The van der Waals surface area contributed by atoms with E-state index in [0.29, 0.717) is 13.0 Å². The van der Waals surface area contributed by atoms with Crippen molar-refractivity contribution in [1.82, 2.24) is 4.90 Å². The number of likely N-dealkylation sites (N-methyl/N-ethyl adjacent to an activating group) is 1. The summed E-state index contributed by atoms with van der Waals surface area (Å²) in [5.74, 6) is 0.0652. The Labute approximate surface area is 103 Å². The third kappa shape index (κ3) is 3.86. The van der Waals surface area contributed by atoms with E-state index in [1.54, 1.807) is 11.9 Å². The van der Waals surface area contributed by atoms with Crippen molar-refractivity contribution in [3.05, 3.63) is 35.9 Å². The quantitative estimate of drug-likeness (QED) is 0.844. The third-order valence-electron chi connectivity index (χ3n) is 2.85. The summed E-state index contributed by atoms with van der Waals surface area (Å²) >= 11 is 0. The molecule has 0 heterocycles. The zero-order valence-electron chi connectivity index (χ0n) is 10.8. The molecule has 3 nitrogen and oxygen atoms in total. The van der Waals surface area contributed by atoms with E-state index < -0.39 is 5.41 Å². The van der Waals surface area contributed by atoms with E-state index in [2.05, 4.69) is 0 Å². The van der Waals surface area contributed by atoms with Gasteiger partial charge in [0, 0.05) is 19.0 Å². The van der Waals surface area contributed by atoms with Gasteiger partial charge in [0.2, 0.25) is 5.91 Å². The minimum absolute atomic E-state index is 0.00363. The maximum atomic E-state index is 12.2. The molecule has 0 radical (unpaired) electrons. The van der Waals surface area contributed by atoms with Gasteiger partial charge >= 0.3 is 0 Å². The SMILES string of the molecule is CN(CCO)C(=O)C(C)(C)Cc1ccccc1. The predicted octanol–water partition coefficient (Wildman–Crippen LogP) is 1.71. The number of hydrogen-bond acceptors (Lipinski definition) is 2. The van der Waals surface area contributed by atoms with Crippen LogP contribution in [-0.4, -0.2) is 36.1 Å². The fraction of sp³-hybridized carbons (Fsp3) is 0.500. The van der Waals surface area contributed by atoms with Crippen molar-refractivity contribution < 1.29 is 9.90 Å². The van der Waals surface area contributed by atoms with Gasteiger partial charge < -0.3 is 10.0 Å². The molecule has 1 amide bonds. The molecule has 0 fully saturated rings. The van der Waals surface area contributed by atoms with E-state index in [0.717, 1.165) is 5.56 Å². The molecule has 0 aliphatic carbocycles. The van der Waals surface area contributed by atoms with E-state index >= 15 is 0 Å². The number of amides is 1. The summed E-state index contributed by atoms with van der Waals surface area (Å²) in [6.45, 7) is 4.27. The summed E-state index contributed by atoms with van der Waals surface area (Å²) in [6.07, 6.45) is 0.711. The van der Waals surface area contributed by atoms with Crippen LogP contribution >= 0.6 is 0 Å². The second-order valence-electron chi connectivity index (χ2n) is 5.00. The van der Waals surface area contributed by atoms with Crippen molar-refractivity contribution in [3.8, 4) is 0 Å². The number of aliphatic hydroxyl groups excluding tert-OH is 1. The normalized spacial score (nSPS) is 11.3. The largest absolute Gasteiger partial charge is 0.395 e. The van der Waals surface area contributed by atoms with E-state index in [9.17, 15) is 4.79 Å². The van der Waals surface area contributed by atoms with Crippen molar-refractivity contribution in [2.75, 3.05) is 20.2 Å². The van der Waals surface area contributed by atoms with Crippen molar-refractivity contribution in [2.24, 2.45) is 5.41 Å². The van der Waals surface area contributed by atoms with Gasteiger partial charge in [-0.3, -0.25) is 4.79 Å². The van der Waals surface area contributed by atoms with Gasteiger partial charge in [0.1, 0.15) is 0 Å². The first-order valence-corrected chi connectivity index (χ1v) is 5.88. The lowest BCUT2D eigenvalue weighted by molar-refractivity contribution is -0.139. The van der Waals surface area contributed by atoms with Crippen LogP contribution in [0.1, 0.15) is 19.4 Å². The predicted molar refractivity (Wildman–Crippen MR) is 68.6 cm³/mol. The zero-order chi connectivity index (χ0) is 12.9. The lowest BCUT2D eigenvalue weighted by Gasteiger charge is -2.29. The number of rotatable bonds is 5. The Morgan fingerprint density at radius 3 is 2.41 bits per heavy atom. The minimum Gasteiger partial charge on any atom is -0.395 e. The summed E-state index contributed by atoms with van der Waals surface area (Å²) in [6, 6.07) is 9.99. The Balaban J connectivity index is 2.71. The Hall–Kier alpha value is -1.35. The molecular formula is C14H21NO2. The summed E-state index contributed by atoms with van der Waals surface area (Å²) in [4.78, 5) is 13.8. The van der Waals surface area contributed by atoms with E-state index in [1.807, 2.05) is 44.2 Å². The fourth-order valence-electron chi connectivity index (χ4n) is 1.95. The molecule has 0 aliphatic heterocycles. The highest BCUT2D eigenvalue weighted by molar-refractivity contribution is 5.82. The van der Waals surface area contributed by atoms with Gasteiger partial charge in [-0.2, -0.15) is 0 Å². The molecule has 0 spiro atoms. The molecule has 1 rings (SSSR count). The van der Waals surface area contributed by atoms with Gasteiger partial charge in [-0.25, -0.2) is 0 Å². The molecule has 0 bridgehead atoms. The average molecular weight is 235 g/mol. The number of carbonyl (C=O) groups is 1. The van der Waals surface area contributed by atoms with Crippen molar-refractivity contribution in [2.45, 2.75) is 20.3 Å². The minimum atomic E-state index is -0.439. The molecule has 0 aromatic heterocycles. The van der Waals surface area contributed by atoms with Gasteiger partial charge in [-0.1, -0.05) is 44.2 Å². The Morgan fingerprint density at radius 2 is 1.88 bits per heavy atom. The Morgan fingerprint density at radius 1 is 1.29 bits per heavy atom. The highest BCUT2D eigenvalue weighted by Crippen LogP contribution is 2.24. The highest BCUT2D eigenvalue weighted by Gasteiger charge is 2.30. The van der Waals surface area contributed by atoms with Crippen LogP contribution in [0.4, 0.5) is 0 Å². The van der Waals surface area contributed by atoms with Crippen molar-refractivity contribution >= 4 is 5.91 Å². The van der Waals surface area contributed by atoms with Crippen LogP contribution in [0.2, 0.25) is 0 Å². The first-order valence-electron chi connectivity index (χ1n) is 5.88. The molecule has 1 aromatic rings.